The minimum absolute atomic E-state index is 0.298. The first-order chi connectivity index (χ1) is 12.3. The molecular formula is C17H25N5O3S. The fourth-order valence-electron chi connectivity index (χ4n) is 3.75. The SMILES string of the molecule is Cn1ncc(CN2CCn3nc([C@H](O)CS(C)(=O)=O)cc3C2)c1C1CC1. The van der Waals surface area contributed by atoms with Crippen molar-refractivity contribution in [2.24, 2.45) is 7.05 Å². The van der Waals surface area contributed by atoms with Crippen molar-refractivity contribution in [1.29, 1.82) is 0 Å². The Morgan fingerprint density at radius 2 is 2.12 bits per heavy atom. The van der Waals surface area contributed by atoms with E-state index in [2.05, 4.69) is 15.1 Å². The van der Waals surface area contributed by atoms with Gasteiger partial charge >= 0.3 is 0 Å². The maximum atomic E-state index is 11.4. The summed E-state index contributed by atoms with van der Waals surface area (Å²) in [6.07, 6.45) is 4.53. The van der Waals surface area contributed by atoms with Gasteiger partial charge in [-0.05, 0) is 18.9 Å². The molecule has 1 aliphatic heterocycles. The van der Waals surface area contributed by atoms with Gasteiger partial charge in [0.1, 0.15) is 15.9 Å². The Balaban J connectivity index is 1.46. The van der Waals surface area contributed by atoms with Crippen LogP contribution in [0.5, 0.6) is 0 Å². The van der Waals surface area contributed by atoms with Gasteiger partial charge in [0.2, 0.25) is 0 Å². The van der Waals surface area contributed by atoms with Gasteiger partial charge in [-0.2, -0.15) is 10.2 Å². The van der Waals surface area contributed by atoms with E-state index in [1.165, 1.54) is 24.1 Å². The van der Waals surface area contributed by atoms with Gasteiger partial charge in [0.25, 0.3) is 0 Å². The molecule has 1 N–H and O–H groups in total. The van der Waals surface area contributed by atoms with Crippen molar-refractivity contribution in [1.82, 2.24) is 24.5 Å². The van der Waals surface area contributed by atoms with Gasteiger partial charge in [-0.15, -0.1) is 0 Å². The molecule has 1 fully saturated rings. The lowest BCUT2D eigenvalue weighted by Gasteiger charge is -2.27. The van der Waals surface area contributed by atoms with E-state index in [1.54, 1.807) is 0 Å². The number of nitrogens with zero attached hydrogens (tertiary/aromatic N) is 5. The molecule has 2 aromatic rings. The fraction of sp³-hybridized carbons (Fsp3) is 0.647. The Hall–Kier alpha value is -1.71. The van der Waals surface area contributed by atoms with Gasteiger partial charge < -0.3 is 5.11 Å². The number of aromatic nitrogens is 4. The molecular weight excluding hydrogens is 354 g/mol. The van der Waals surface area contributed by atoms with Crippen molar-refractivity contribution in [2.75, 3.05) is 18.6 Å². The summed E-state index contributed by atoms with van der Waals surface area (Å²) in [5.41, 5.74) is 4.09. The first-order valence-electron chi connectivity index (χ1n) is 8.95. The van der Waals surface area contributed by atoms with E-state index in [-0.39, 0.29) is 5.75 Å². The zero-order chi connectivity index (χ0) is 18.5. The van der Waals surface area contributed by atoms with Crippen molar-refractivity contribution >= 4 is 9.84 Å². The zero-order valence-electron chi connectivity index (χ0n) is 15.2. The smallest absolute Gasteiger partial charge is 0.150 e. The third kappa shape index (κ3) is 3.70. The van der Waals surface area contributed by atoms with Crippen molar-refractivity contribution < 1.29 is 13.5 Å². The largest absolute Gasteiger partial charge is 0.386 e. The molecule has 2 aromatic heterocycles. The maximum Gasteiger partial charge on any atom is 0.150 e. The Morgan fingerprint density at radius 3 is 2.81 bits per heavy atom. The third-order valence-corrected chi connectivity index (χ3v) is 6.04. The van der Waals surface area contributed by atoms with E-state index < -0.39 is 15.9 Å². The summed E-state index contributed by atoms with van der Waals surface area (Å²) in [5.74, 6) is 0.360. The van der Waals surface area contributed by atoms with Gasteiger partial charge in [0.15, 0.2) is 0 Å². The standard InChI is InChI=1S/C17H25N5O3S/c1-20-17(12-3-4-12)13(8-18-20)9-21-5-6-22-14(10-21)7-15(19-22)16(23)11-26(2,24)25/h7-8,12,16,23H,3-6,9-11H2,1-2H3/t16-/m1/s1. The van der Waals surface area contributed by atoms with E-state index in [1.807, 2.05) is 28.7 Å². The Bertz CT molecular complexity index is 913. The summed E-state index contributed by atoms with van der Waals surface area (Å²) in [4.78, 5) is 2.35. The van der Waals surface area contributed by atoms with Crippen molar-refractivity contribution in [3.63, 3.8) is 0 Å². The summed E-state index contributed by atoms with van der Waals surface area (Å²) >= 11 is 0. The summed E-state index contributed by atoms with van der Waals surface area (Å²) in [6, 6.07) is 1.83. The first kappa shape index (κ1) is 17.7. The molecule has 26 heavy (non-hydrogen) atoms. The Labute approximate surface area is 153 Å². The summed E-state index contributed by atoms with van der Waals surface area (Å²) in [7, 11) is -1.24. The molecule has 0 unspecified atom stereocenters. The number of aliphatic hydroxyl groups is 1. The number of aliphatic hydroxyl groups excluding tert-OH is 1. The maximum absolute atomic E-state index is 11.4. The summed E-state index contributed by atoms with van der Waals surface area (Å²) in [6.45, 7) is 3.19. The van der Waals surface area contributed by atoms with Crippen LogP contribution in [0.1, 0.15) is 47.5 Å². The molecule has 8 nitrogen and oxygen atoms in total. The van der Waals surface area contributed by atoms with Crippen LogP contribution >= 0.6 is 0 Å². The van der Waals surface area contributed by atoms with Gasteiger partial charge in [-0.1, -0.05) is 0 Å². The molecule has 2 aliphatic rings. The third-order valence-electron chi connectivity index (χ3n) is 5.12. The molecule has 0 spiro atoms. The summed E-state index contributed by atoms with van der Waals surface area (Å²) in [5, 5.41) is 19.0. The molecule has 1 aliphatic carbocycles. The lowest BCUT2D eigenvalue weighted by Crippen LogP contribution is -2.33. The highest BCUT2D eigenvalue weighted by Gasteiger charge is 2.30. The zero-order valence-corrected chi connectivity index (χ0v) is 16.0. The predicted molar refractivity (Wildman–Crippen MR) is 96.2 cm³/mol. The van der Waals surface area contributed by atoms with Crippen LogP contribution in [0, 0.1) is 0 Å². The Kier molecular flexibility index (Phi) is 4.40. The van der Waals surface area contributed by atoms with Crippen LogP contribution in [-0.2, 0) is 36.5 Å². The number of aryl methyl sites for hydroxylation is 1. The quantitative estimate of drug-likeness (QED) is 0.790. The fourth-order valence-corrected chi connectivity index (χ4v) is 4.50. The van der Waals surface area contributed by atoms with Crippen LogP contribution < -0.4 is 0 Å². The number of rotatable bonds is 6. The van der Waals surface area contributed by atoms with E-state index in [9.17, 15) is 13.5 Å². The highest BCUT2D eigenvalue weighted by atomic mass is 32.2. The average molecular weight is 379 g/mol. The molecule has 1 saturated carbocycles. The molecule has 0 saturated heterocycles. The van der Waals surface area contributed by atoms with E-state index >= 15 is 0 Å². The van der Waals surface area contributed by atoms with Gasteiger partial charge in [-0.3, -0.25) is 14.3 Å². The molecule has 9 heteroatoms. The van der Waals surface area contributed by atoms with Crippen LogP contribution in [0.3, 0.4) is 0 Å². The number of fused-ring (bicyclic) bond motifs is 1. The van der Waals surface area contributed by atoms with Crippen molar-refractivity contribution in [3.05, 3.63) is 34.9 Å². The van der Waals surface area contributed by atoms with Crippen LogP contribution in [0.15, 0.2) is 12.3 Å². The molecule has 0 amide bonds. The van der Waals surface area contributed by atoms with Gasteiger partial charge in [0.05, 0.1) is 29.9 Å². The predicted octanol–water partition coefficient (Wildman–Crippen LogP) is 0.588. The van der Waals surface area contributed by atoms with E-state index in [4.69, 9.17) is 0 Å². The van der Waals surface area contributed by atoms with Gasteiger partial charge in [-0.25, -0.2) is 8.42 Å². The second-order valence-corrected chi connectivity index (χ2v) is 9.74. The lowest BCUT2D eigenvalue weighted by molar-refractivity contribution is 0.191. The Morgan fingerprint density at radius 1 is 1.35 bits per heavy atom. The molecule has 3 heterocycles. The topological polar surface area (TPSA) is 93.2 Å². The van der Waals surface area contributed by atoms with E-state index in [0.717, 1.165) is 38.1 Å². The molecule has 0 bridgehead atoms. The van der Waals surface area contributed by atoms with Gasteiger partial charge in [0, 0.05) is 50.1 Å². The normalized spacial score (nSPS) is 19.5. The lowest BCUT2D eigenvalue weighted by atomic mass is 10.1. The minimum Gasteiger partial charge on any atom is -0.386 e. The van der Waals surface area contributed by atoms with Crippen LogP contribution in [-0.4, -0.2) is 56.5 Å². The van der Waals surface area contributed by atoms with Crippen LogP contribution in [0.25, 0.3) is 0 Å². The number of sulfone groups is 1. The number of hydrogen-bond donors (Lipinski definition) is 1. The second-order valence-electron chi connectivity index (χ2n) is 7.56. The molecule has 4 rings (SSSR count). The summed E-state index contributed by atoms with van der Waals surface area (Å²) < 4.78 is 26.7. The first-order valence-corrected chi connectivity index (χ1v) is 11.0. The minimum atomic E-state index is -3.25. The average Bonchev–Trinajstić information content (AvgIpc) is 3.18. The molecule has 142 valence electrons. The van der Waals surface area contributed by atoms with E-state index in [0.29, 0.717) is 11.6 Å². The van der Waals surface area contributed by atoms with Crippen molar-refractivity contribution in [2.45, 2.75) is 44.5 Å². The second kappa shape index (κ2) is 6.47. The molecule has 0 aromatic carbocycles. The highest BCUT2D eigenvalue weighted by Crippen LogP contribution is 2.41. The monoisotopic (exact) mass is 379 g/mol. The molecule has 1 atom stereocenters. The highest BCUT2D eigenvalue weighted by molar-refractivity contribution is 7.90. The molecule has 0 radical (unpaired) electrons. The number of hydrogen-bond acceptors (Lipinski definition) is 6. The van der Waals surface area contributed by atoms with Crippen LogP contribution in [0.4, 0.5) is 0 Å². The van der Waals surface area contributed by atoms with Crippen LogP contribution in [0.2, 0.25) is 0 Å². The van der Waals surface area contributed by atoms with Crippen molar-refractivity contribution in [3.8, 4) is 0 Å².